The number of hydrogen-bond donors (Lipinski definition) is 1. The summed E-state index contributed by atoms with van der Waals surface area (Å²) in [5.74, 6) is 0.816. The van der Waals surface area contributed by atoms with E-state index in [0.717, 1.165) is 44.0 Å². The Bertz CT molecular complexity index is 660. The normalized spacial score (nSPS) is 17.7. The quantitative estimate of drug-likeness (QED) is 0.892. The lowest BCUT2D eigenvalue weighted by molar-refractivity contribution is 0.551. The molecule has 23 heavy (non-hydrogen) atoms. The summed E-state index contributed by atoms with van der Waals surface area (Å²) in [5, 5.41) is 4.93. The van der Waals surface area contributed by atoms with E-state index in [1.807, 2.05) is 24.5 Å². The Morgan fingerprint density at radius 1 is 1.26 bits per heavy atom. The minimum absolute atomic E-state index is 0.413. The first-order valence-corrected chi connectivity index (χ1v) is 8.64. The topological polar surface area (TPSA) is 41.1 Å². The molecule has 1 N–H and O–H groups in total. The molecule has 1 saturated heterocycles. The van der Waals surface area contributed by atoms with E-state index in [1.165, 1.54) is 5.56 Å². The molecule has 0 aliphatic carbocycles. The summed E-state index contributed by atoms with van der Waals surface area (Å²) in [6.07, 6.45) is 5.86. The third-order valence-corrected chi connectivity index (χ3v) is 4.75. The van der Waals surface area contributed by atoms with Crippen LogP contribution < -0.4 is 10.2 Å². The number of nitrogens with one attached hydrogen (secondary N) is 1. The van der Waals surface area contributed by atoms with E-state index in [-0.39, 0.29) is 0 Å². The molecule has 122 valence electrons. The van der Waals surface area contributed by atoms with E-state index in [9.17, 15) is 0 Å². The van der Waals surface area contributed by atoms with Crippen LogP contribution in [0, 0.1) is 0 Å². The first-order valence-electron chi connectivity index (χ1n) is 7.89. The van der Waals surface area contributed by atoms with Gasteiger partial charge < -0.3 is 10.2 Å². The lowest BCUT2D eigenvalue weighted by Gasteiger charge is -2.17. The Morgan fingerprint density at radius 3 is 2.74 bits per heavy atom. The van der Waals surface area contributed by atoms with Crippen LogP contribution in [-0.2, 0) is 13.0 Å². The largest absolute Gasteiger partial charge is 0.339 e. The van der Waals surface area contributed by atoms with Crippen LogP contribution in [0.25, 0.3) is 0 Å². The van der Waals surface area contributed by atoms with Crippen molar-refractivity contribution in [3.63, 3.8) is 0 Å². The maximum Gasteiger partial charge on any atom is 0.225 e. The van der Waals surface area contributed by atoms with E-state index >= 15 is 0 Å². The highest BCUT2D eigenvalue weighted by molar-refractivity contribution is 6.35. The predicted octanol–water partition coefficient (Wildman–Crippen LogP) is 3.71. The summed E-state index contributed by atoms with van der Waals surface area (Å²) >= 11 is 12.1. The fraction of sp³-hybridized carbons (Fsp3) is 0.412. The van der Waals surface area contributed by atoms with Gasteiger partial charge in [-0.3, -0.25) is 0 Å². The second-order valence-corrected chi connectivity index (χ2v) is 6.64. The van der Waals surface area contributed by atoms with E-state index in [1.54, 1.807) is 6.07 Å². The van der Waals surface area contributed by atoms with Crippen molar-refractivity contribution in [3.05, 3.63) is 51.8 Å². The van der Waals surface area contributed by atoms with Gasteiger partial charge in [-0.1, -0.05) is 36.2 Å². The number of aryl methyl sites for hydroxylation is 1. The number of halogens is 2. The lowest BCUT2D eigenvalue weighted by Crippen LogP contribution is -2.32. The Balaban J connectivity index is 1.55. The lowest BCUT2D eigenvalue weighted by atomic mass is 10.2. The molecule has 1 aromatic heterocycles. The molecule has 6 heteroatoms. The minimum atomic E-state index is 0.413. The van der Waals surface area contributed by atoms with E-state index in [4.69, 9.17) is 23.2 Å². The zero-order valence-corrected chi connectivity index (χ0v) is 14.6. The Hall–Kier alpha value is -1.36. The predicted molar refractivity (Wildman–Crippen MR) is 95.3 cm³/mol. The molecule has 0 amide bonds. The van der Waals surface area contributed by atoms with Crippen LogP contribution in [0.2, 0.25) is 10.0 Å². The molecule has 1 unspecified atom stereocenters. The standard InChI is InChI=1S/C17H20Cl2N4/c1-2-12-8-21-17(22-9-12)23-6-5-15(11-23)20-10-13-3-4-14(18)7-16(13)19/h3-4,7-9,15,20H,2,5-6,10-11H2,1H3. The van der Waals surface area contributed by atoms with Crippen molar-refractivity contribution in [1.82, 2.24) is 15.3 Å². The van der Waals surface area contributed by atoms with Gasteiger partial charge in [-0.25, -0.2) is 9.97 Å². The summed E-state index contributed by atoms with van der Waals surface area (Å²) < 4.78 is 0. The Labute approximate surface area is 146 Å². The van der Waals surface area contributed by atoms with Crippen molar-refractivity contribution in [1.29, 1.82) is 0 Å². The van der Waals surface area contributed by atoms with Gasteiger partial charge in [0.15, 0.2) is 0 Å². The van der Waals surface area contributed by atoms with Gasteiger partial charge in [-0.15, -0.1) is 0 Å². The highest BCUT2D eigenvalue weighted by Gasteiger charge is 2.24. The maximum atomic E-state index is 6.21. The summed E-state index contributed by atoms with van der Waals surface area (Å²) in [6, 6.07) is 6.03. The van der Waals surface area contributed by atoms with Gasteiger partial charge in [0.25, 0.3) is 0 Å². The van der Waals surface area contributed by atoms with Crippen LogP contribution in [0.3, 0.4) is 0 Å². The molecular formula is C17H20Cl2N4. The molecule has 4 nitrogen and oxygen atoms in total. The zero-order valence-electron chi connectivity index (χ0n) is 13.1. The number of hydrogen-bond acceptors (Lipinski definition) is 4. The minimum Gasteiger partial charge on any atom is -0.339 e. The van der Waals surface area contributed by atoms with Crippen molar-refractivity contribution >= 4 is 29.2 Å². The summed E-state index contributed by atoms with van der Waals surface area (Å²) in [7, 11) is 0. The zero-order chi connectivity index (χ0) is 16.2. The van der Waals surface area contributed by atoms with Gasteiger partial charge in [-0.05, 0) is 36.1 Å². The molecule has 1 aliphatic heterocycles. The molecule has 0 bridgehead atoms. The molecule has 1 fully saturated rings. The van der Waals surface area contributed by atoms with Gasteiger partial charge in [0.2, 0.25) is 5.95 Å². The molecule has 3 rings (SSSR count). The molecule has 2 aromatic rings. The molecule has 2 heterocycles. The van der Waals surface area contributed by atoms with Crippen LogP contribution in [-0.4, -0.2) is 29.1 Å². The van der Waals surface area contributed by atoms with Crippen LogP contribution in [0.5, 0.6) is 0 Å². The number of rotatable bonds is 5. The fourth-order valence-electron chi connectivity index (χ4n) is 2.72. The second-order valence-electron chi connectivity index (χ2n) is 5.79. The SMILES string of the molecule is CCc1cnc(N2CCC(NCc3ccc(Cl)cc3Cl)C2)nc1. The molecular weight excluding hydrogens is 331 g/mol. The van der Waals surface area contributed by atoms with Gasteiger partial charge in [-0.2, -0.15) is 0 Å². The van der Waals surface area contributed by atoms with Crippen molar-refractivity contribution in [2.75, 3.05) is 18.0 Å². The monoisotopic (exact) mass is 350 g/mol. The molecule has 1 aliphatic rings. The third-order valence-electron chi connectivity index (χ3n) is 4.17. The molecule has 1 atom stereocenters. The van der Waals surface area contributed by atoms with Crippen LogP contribution in [0.1, 0.15) is 24.5 Å². The number of benzene rings is 1. The summed E-state index contributed by atoms with van der Waals surface area (Å²) in [4.78, 5) is 11.1. The van der Waals surface area contributed by atoms with Crippen molar-refractivity contribution in [2.24, 2.45) is 0 Å². The first kappa shape index (κ1) is 16.5. The fourth-order valence-corrected chi connectivity index (χ4v) is 3.20. The van der Waals surface area contributed by atoms with Gasteiger partial charge in [0.1, 0.15) is 0 Å². The van der Waals surface area contributed by atoms with E-state index in [0.29, 0.717) is 16.1 Å². The summed E-state index contributed by atoms with van der Waals surface area (Å²) in [6.45, 7) is 4.73. The molecule has 0 spiro atoms. The Morgan fingerprint density at radius 2 is 2.04 bits per heavy atom. The highest BCUT2D eigenvalue weighted by Crippen LogP contribution is 2.22. The van der Waals surface area contributed by atoms with Gasteiger partial charge in [0.05, 0.1) is 0 Å². The average molecular weight is 351 g/mol. The number of anilines is 1. The maximum absolute atomic E-state index is 6.21. The first-order chi connectivity index (χ1) is 11.2. The summed E-state index contributed by atoms with van der Waals surface area (Å²) in [5.41, 5.74) is 2.23. The molecule has 0 saturated carbocycles. The number of nitrogens with zero attached hydrogens (tertiary/aromatic N) is 3. The number of aromatic nitrogens is 2. The van der Waals surface area contributed by atoms with Crippen LogP contribution >= 0.6 is 23.2 Å². The smallest absolute Gasteiger partial charge is 0.225 e. The molecule has 1 aromatic carbocycles. The van der Waals surface area contributed by atoms with E-state index in [2.05, 4.69) is 27.1 Å². The van der Waals surface area contributed by atoms with Gasteiger partial charge >= 0.3 is 0 Å². The highest BCUT2D eigenvalue weighted by atomic mass is 35.5. The van der Waals surface area contributed by atoms with Crippen molar-refractivity contribution < 1.29 is 0 Å². The average Bonchev–Trinajstić information content (AvgIpc) is 3.03. The van der Waals surface area contributed by atoms with Crippen LogP contribution in [0.4, 0.5) is 5.95 Å². The van der Waals surface area contributed by atoms with Crippen molar-refractivity contribution in [2.45, 2.75) is 32.4 Å². The van der Waals surface area contributed by atoms with Gasteiger partial charge in [0, 0.05) is 48.1 Å². The Kier molecular flexibility index (Phi) is 5.36. The van der Waals surface area contributed by atoms with Crippen molar-refractivity contribution in [3.8, 4) is 0 Å². The second kappa shape index (κ2) is 7.47. The molecule has 0 radical (unpaired) electrons. The third kappa shape index (κ3) is 4.14. The van der Waals surface area contributed by atoms with E-state index < -0.39 is 0 Å². The van der Waals surface area contributed by atoms with Crippen LogP contribution in [0.15, 0.2) is 30.6 Å².